The highest BCUT2D eigenvalue weighted by Gasteiger charge is 2.42. The zero-order valence-electron chi connectivity index (χ0n) is 16.8. The summed E-state index contributed by atoms with van der Waals surface area (Å²) in [6.45, 7) is 6.04. The van der Waals surface area contributed by atoms with E-state index in [9.17, 15) is 19.2 Å². The summed E-state index contributed by atoms with van der Waals surface area (Å²) < 4.78 is 15.3. The van der Waals surface area contributed by atoms with Crippen molar-refractivity contribution in [3.05, 3.63) is 46.6 Å². The van der Waals surface area contributed by atoms with Crippen LogP contribution in [-0.2, 0) is 28.6 Å². The molecule has 0 spiro atoms. The van der Waals surface area contributed by atoms with Crippen molar-refractivity contribution in [3.8, 4) is 0 Å². The maximum absolute atomic E-state index is 12.9. The third kappa shape index (κ3) is 4.92. The molecule has 0 aliphatic carbocycles. The van der Waals surface area contributed by atoms with Gasteiger partial charge in [-0.25, -0.2) is 9.59 Å². The maximum Gasteiger partial charge on any atom is 0.337 e. The number of nitrogens with one attached hydrogen (secondary N) is 2. The summed E-state index contributed by atoms with van der Waals surface area (Å²) in [5.74, 6) is -4.26. The molecular formula is C20H24N2O7. The molecular weight excluding hydrogens is 380 g/mol. The van der Waals surface area contributed by atoms with Crippen LogP contribution in [0.25, 0.3) is 0 Å². The van der Waals surface area contributed by atoms with Gasteiger partial charge in [0, 0.05) is 17.6 Å². The Morgan fingerprint density at radius 3 is 1.93 bits per heavy atom. The Morgan fingerprint density at radius 2 is 1.48 bits per heavy atom. The van der Waals surface area contributed by atoms with Gasteiger partial charge in [0.25, 0.3) is 0 Å². The molecule has 1 aliphatic heterocycles. The van der Waals surface area contributed by atoms with Gasteiger partial charge < -0.3 is 24.5 Å². The van der Waals surface area contributed by atoms with Gasteiger partial charge in [-0.1, -0.05) is 0 Å². The molecule has 9 nitrogen and oxygen atoms in total. The molecule has 2 heterocycles. The quantitative estimate of drug-likeness (QED) is 0.381. The first-order valence-corrected chi connectivity index (χ1v) is 9.17. The van der Waals surface area contributed by atoms with E-state index >= 15 is 0 Å². The van der Waals surface area contributed by atoms with Crippen molar-refractivity contribution >= 4 is 23.7 Å². The van der Waals surface area contributed by atoms with Crippen molar-refractivity contribution in [2.75, 3.05) is 19.8 Å². The molecule has 2 rings (SSSR count). The smallest absolute Gasteiger partial charge is 0.337 e. The Kier molecular flexibility index (Phi) is 7.35. The van der Waals surface area contributed by atoms with Crippen LogP contribution in [0.3, 0.4) is 0 Å². The third-order valence-corrected chi connectivity index (χ3v) is 4.23. The number of rotatable bonds is 8. The number of carbonyl (C=O) groups excluding carboxylic acids is 4. The van der Waals surface area contributed by atoms with Crippen LogP contribution < -0.4 is 5.32 Å². The zero-order chi connectivity index (χ0) is 21.6. The molecule has 1 aromatic rings. The Bertz CT molecular complexity index is 825. The molecule has 0 atom stereocenters. The van der Waals surface area contributed by atoms with Crippen molar-refractivity contribution in [1.82, 2.24) is 10.3 Å². The van der Waals surface area contributed by atoms with Crippen LogP contribution in [0, 0.1) is 5.92 Å². The molecule has 0 radical (unpaired) electrons. The Balaban J connectivity index is 2.35. The molecule has 1 aromatic heterocycles. The predicted molar refractivity (Wildman–Crippen MR) is 101 cm³/mol. The van der Waals surface area contributed by atoms with Crippen molar-refractivity contribution in [2.45, 2.75) is 27.7 Å². The second-order valence-corrected chi connectivity index (χ2v) is 6.19. The van der Waals surface area contributed by atoms with Crippen molar-refractivity contribution < 1.29 is 33.4 Å². The maximum atomic E-state index is 12.9. The Hall–Kier alpha value is -3.36. The van der Waals surface area contributed by atoms with Gasteiger partial charge in [-0.15, -0.1) is 0 Å². The van der Waals surface area contributed by atoms with Crippen molar-refractivity contribution in [1.29, 1.82) is 0 Å². The molecule has 0 saturated heterocycles. The summed E-state index contributed by atoms with van der Waals surface area (Å²) in [6.07, 6.45) is 1.57. The van der Waals surface area contributed by atoms with E-state index in [1.807, 2.05) is 0 Å². The largest absolute Gasteiger partial charge is 0.463 e. The normalized spacial score (nSPS) is 14.3. The molecule has 1 aliphatic rings. The number of allylic oxidation sites excluding steroid dienone is 2. The highest BCUT2D eigenvalue weighted by molar-refractivity contribution is 6.06. The molecule has 0 amide bonds. The van der Waals surface area contributed by atoms with E-state index < -0.39 is 36.2 Å². The summed E-state index contributed by atoms with van der Waals surface area (Å²) >= 11 is 0. The number of aromatic nitrogens is 1. The summed E-state index contributed by atoms with van der Waals surface area (Å²) in [6, 6.07) is 3.18. The first-order chi connectivity index (χ1) is 13.8. The van der Waals surface area contributed by atoms with Crippen LogP contribution in [0.5, 0.6) is 0 Å². The SMILES string of the molecule is CCOC(=O)C1=C(C)NC(C)=C(C(=O)OCC)C1C(=O)OCC(=O)c1ccc[nH]1. The lowest BCUT2D eigenvalue weighted by molar-refractivity contribution is -0.151. The van der Waals surface area contributed by atoms with Gasteiger partial charge in [0.05, 0.1) is 30.1 Å². The van der Waals surface area contributed by atoms with Gasteiger partial charge in [0.1, 0.15) is 5.92 Å². The minimum atomic E-state index is -1.37. The van der Waals surface area contributed by atoms with Gasteiger partial charge in [-0.05, 0) is 39.8 Å². The number of aromatic amines is 1. The monoisotopic (exact) mass is 404 g/mol. The van der Waals surface area contributed by atoms with Crippen LogP contribution in [0.4, 0.5) is 0 Å². The standard InChI is InChI=1S/C20H24N2O7/c1-5-27-18(24)15-11(3)22-12(4)16(19(25)28-6-2)17(15)20(26)29-10-14(23)13-8-7-9-21-13/h7-9,17,21-22H,5-6,10H2,1-4H3. The van der Waals surface area contributed by atoms with Gasteiger partial charge in [0.15, 0.2) is 6.61 Å². The summed E-state index contributed by atoms with van der Waals surface area (Å²) in [5.41, 5.74) is 0.867. The number of Topliss-reactive ketones (excluding diaryl/α,β-unsaturated/α-hetero) is 1. The van der Waals surface area contributed by atoms with Crippen LogP contribution in [0.15, 0.2) is 40.9 Å². The average molecular weight is 404 g/mol. The van der Waals surface area contributed by atoms with Crippen LogP contribution >= 0.6 is 0 Å². The number of H-pyrrole nitrogens is 1. The lowest BCUT2D eigenvalue weighted by Crippen LogP contribution is -2.38. The van der Waals surface area contributed by atoms with E-state index in [1.54, 1.807) is 46.0 Å². The minimum Gasteiger partial charge on any atom is -0.463 e. The number of carbonyl (C=O) groups is 4. The van der Waals surface area contributed by atoms with Gasteiger partial charge >= 0.3 is 17.9 Å². The predicted octanol–water partition coefficient (Wildman–Crippen LogP) is 1.63. The van der Waals surface area contributed by atoms with E-state index in [4.69, 9.17) is 14.2 Å². The summed E-state index contributed by atoms with van der Waals surface area (Å²) in [4.78, 5) is 52.8. The highest BCUT2D eigenvalue weighted by atomic mass is 16.5. The lowest BCUT2D eigenvalue weighted by atomic mass is 9.85. The van der Waals surface area contributed by atoms with E-state index in [-0.39, 0.29) is 30.1 Å². The van der Waals surface area contributed by atoms with Crippen molar-refractivity contribution in [2.24, 2.45) is 5.92 Å². The molecule has 156 valence electrons. The minimum absolute atomic E-state index is 0.0576. The van der Waals surface area contributed by atoms with E-state index in [0.717, 1.165) is 0 Å². The molecule has 0 bridgehead atoms. The molecule has 29 heavy (non-hydrogen) atoms. The zero-order valence-corrected chi connectivity index (χ0v) is 16.8. The fourth-order valence-electron chi connectivity index (χ4n) is 2.99. The van der Waals surface area contributed by atoms with Crippen molar-refractivity contribution in [3.63, 3.8) is 0 Å². The molecule has 0 saturated carbocycles. The number of hydrogen-bond acceptors (Lipinski definition) is 8. The van der Waals surface area contributed by atoms with E-state index in [2.05, 4.69) is 10.3 Å². The Labute approximate surface area is 168 Å². The van der Waals surface area contributed by atoms with Crippen LogP contribution in [-0.4, -0.2) is 48.5 Å². The van der Waals surface area contributed by atoms with Gasteiger partial charge in [-0.2, -0.15) is 0 Å². The third-order valence-electron chi connectivity index (χ3n) is 4.23. The van der Waals surface area contributed by atoms with Gasteiger partial charge in [-0.3, -0.25) is 9.59 Å². The van der Waals surface area contributed by atoms with Gasteiger partial charge in [0.2, 0.25) is 5.78 Å². The summed E-state index contributed by atoms with van der Waals surface area (Å²) in [7, 11) is 0. The number of hydrogen-bond donors (Lipinski definition) is 2. The topological polar surface area (TPSA) is 124 Å². The molecule has 0 aromatic carbocycles. The molecule has 9 heteroatoms. The lowest BCUT2D eigenvalue weighted by Gasteiger charge is -2.28. The number of esters is 3. The summed E-state index contributed by atoms with van der Waals surface area (Å²) in [5, 5.41) is 2.91. The Morgan fingerprint density at radius 1 is 0.931 bits per heavy atom. The number of ether oxygens (including phenoxy) is 3. The second kappa shape index (κ2) is 9.72. The first-order valence-electron chi connectivity index (χ1n) is 9.17. The highest BCUT2D eigenvalue weighted by Crippen LogP contribution is 2.32. The molecule has 2 N–H and O–H groups in total. The number of ketones is 1. The number of dihydropyridines is 1. The van der Waals surface area contributed by atoms with E-state index in [0.29, 0.717) is 11.4 Å². The average Bonchev–Trinajstić information content (AvgIpc) is 3.20. The van der Waals surface area contributed by atoms with Crippen LogP contribution in [0.2, 0.25) is 0 Å². The fraction of sp³-hybridized carbons (Fsp3) is 0.400. The first kappa shape index (κ1) is 21.9. The van der Waals surface area contributed by atoms with Crippen LogP contribution in [0.1, 0.15) is 38.2 Å². The fourth-order valence-corrected chi connectivity index (χ4v) is 2.99. The molecule has 0 unspecified atom stereocenters. The second-order valence-electron chi connectivity index (χ2n) is 6.19. The molecule has 0 fully saturated rings. The van der Waals surface area contributed by atoms with E-state index in [1.165, 1.54) is 0 Å².